The highest BCUT2D eigenvalue weighted by atomic mass is 127. The zero-order valence-electron chi connectivity index (χ0n) is 5.15. The van der Waals surface area contributed by atoms with Crippen LogP contribution in [0.4, 0.5) is 0 Å². The van der Waals surface area contributed by atoms with E-state index >= 15 is 0 Å². The van der Waals surface area contributed by atoms with Gasteiger partial charge in [-0.05, 0) is 6.92 Å². The highest BCUT2D eigenvalue weighted by molar-refractivity contribution is 14.1. The molecule has 48 valence electrons. The molecule has 0 spiro atoms. The molecule has 0 radical (unpaired) electrons. The predicted octanol–water partition coefficient (Wildman–Crippen LogP) is 1.59. The van der Waals surface area contributed by atoms with Gasteiger partial charge in [0.05, 0.1) is 0 Å². The quantitative estimate of drug-likeness (QED) is 0.331. The van der Waals surface area contributed by atoms with Crippen LogP contribution in [0, 0.1) is 0 Å². The van der Waals surface area contributed by atoms with Gasteiger partial charge >= 0.3 is 0 Å². The van der Waals surface area contributed by atoms with Crippen molar-refractivity contribution in [3.05, 3.63) is 12.2 Å². The van der Waals surface area contributed by atoms with Crippen LogP contribution in [0.3, 0.4) is 0 Å². The Morgan fingerprint density at radius 3 is 2.88 bits per heavy atom. The highest BCUT2D eigenvalue weighted by Gasteiger charge is 1.75. The Balaban J connectivity index is 2.72. The average molecular weight is 225 g/mol. The Bertz CT molecular complexity index is 61.5. The molecule has 1 nitrogen and oxygen atoms in total. The van der Waals surface area contributed by atoms with Crippen molar-refractivity contribution in [1.82, 2.24) is 5.32 Å². The van der Waals surface area contributed by atoms with E-state index in [4.69, 9.17) is 0 Å². The average Bonchev–Trinajstić information content (AvgIpc) is 1.81. The van der Waals surface area contributed by atoms with E-state index in [-0.39, 0.29) is 0 Å². The van der Waals surface area contributed by atoms with Crippen LogP contribution in [0.2, 0.25) is 0 Å². The van der Waals surface area contributed by atoms with Crippen molar-refractivity contribution in [1.29, 1.82) is 0 Å². The van der Waals surface area contributed by atoms with E-state index in [1.807, 2.05) is 6.92 Å². The number of rotatable bonds is 4. The van der Waals surface area contributed by atoms with Crippen molar-refractivity contribution in [2.24, 2.45) is 0 Å². The first-order chi connectivity index (χ1) is 3.91. The molecule has 8 heavy (non-hydrogen) atoms. The number of hydrogen-bond donors (Lipinski definition) is 1. The fraction of sp³-hybridized carbons (Fsp3) is 0.667. The minimum atomic E-state index is 1.01. The lowest BCUT2D eigenvalue weighted by Crippen LogP contribution is -2.15. The molecule has 0 saturated heterocycles. The summed E-state index contributed by atoms with van der Waals surface area (Å²) in [5.74, 6) is 0. The Hall–Kier alpha value is 0.430. The molecular weight excluding hydrogens is 213 g/mol. The van der Waals surface area contributed by atoms with Crippen molar-refractivity contribution in [3.63, 3.8) is 0 Å². The lowest BCUT2D eigenvalue weighted by molar-refractivity contribution is 0.812. The Morgan fingerprint density at radius 2 is 2.38 bits per heavy atom. The Morgan fingerprint density at radius 1 is 1.62 bits per heavy atom. The van der Waals surface area contributed by atoms with Crippen LogP contribution < -0.4 is 5.32 Å². The second-order valence-corrected chi connectivity index (χ2v) is 2.54. The lowest BCUT2D eigenvalue weighted by Gasteiger charge is -1.93. The Labute approximate surface area is 64.7 Å². The van der Waals surface area contributed by atoms with Gasteiger partial charge in [0.25, 0.3) is 0 Å². The molecule has 0 amide bonds. The molecule has 0 fully saturated rings. The summed E-state index contributed by atoms with van der Waals surface area (Å²) in [6, 6.07) is 0. The normalized spacial score (nSPS) is 10.8. The molecule has 0 heterocycles. The third kappa shape index (κ3) is 6.43. The van der Waals surface area contributed by atoms with Gasteiger partial charge in [0.1, 0.15) is 0 Å². The highest BCUT2D eigenvalue weighted by Crippen LogP contribution is 1.75. The second kappa shape index (κ2) is 7.43. The van der Waals surface area contributed by atoms with Gasteiger partial charge in [0.15, 0.2) is 0 Å². The summed E-state index contributed by atoms with van der Waals surface area (Å²) in [5.41, 5.74) is 0. The zero-order chi connectivity index (χ0) is 6.24. The number of alkyl halides is 1. The summed E-state index contributed by atoms with van der Waals surface area (Å²) in [6.45, 7) is 4.16. The minimum Gasteiger partial charge on any atom is -0.313 e. The number of halogens is 1. The van der Waals surface area contributed by atoms with Gasteiger partial charge in [-0.3, -0.25) is 0 Å². The third-order valence-corrected chi connectivity index (χ3v) is 1.31. The number of nitrogens with one attached hydrogen (secondary N) is 1. The summed E-state index contributed by atoms with van der Waals surface area (Å²) in [4.78, 5) is 0. The topological polar surface area (TPSA) is 12.0 Å². The van der Waals surface area contributed by atoms with Crippen molar-refractivity contribution < 1.29 is 0 Å². The van der Waals surface area contributed by atoms with Crippen molar-refractivity contribution in [2.75, 3.05) is 17.5 Å². The summed E-state index contributed by atoms with van der Waals surface area (Å²) in [5, 5.41) is 3.24. The molecule has 0 atom stereocenters. The van der Waals surface area contributed by atoms with Gasteiger partial charge < -0.3 is 5.32 Å². The van der Waals surface area contributed by atoms with Crippen LogP contribution in [0.25, 0.3) is 0 Å². The molecule has 0 aromatic heterocycles. The SMILES string of the molecule is C/C=C/CNCCI. The van der Waals surface area contributed by atoms with Crippen LogP contribution in [0.1, 0.15) is 6.92 Å². The molecular formula is C6H12IN. The molecule has 0 saturated carbocycles. The van der Waals surface area contributed by atoms with Gasteiger partial charge in [0, 0.05) is 17.5 Å². The fourth-order valence-corrected chi connectivity index (χ4v) is 0.751. The van der Waals surface area contributed by atoms with Crippen LogP contribution in [0.15, 0.2) is 12.2 Å². The molecule has 0 unspecified atom stereocenters. The second-order valence-electron chi connectivity index (χ2n) is 1.46. The van der Waals surface area contributed by atoms with Gasteiger partial charge in [-0.2, -0.15) is 0 Å². The van der Waals surface area contributed by atoms with Crippen molar-refractivity contribution >= 4 is 22.6 Å². The van der Waals surface area contributed by atoms with E-state index in [0.29, 0.717) is 0 Å². The number of allylic oxidation sites excluding steroid dienone is 1. The molecule has 0 aliphatic rings. The van der Waals surface area contributed by atoms with Gasteiger partial charge in [-0.25, -0.2) is 0 Å². The Kier molecular flexibility index (Phi) is 7.83. The number of hydrogen-bond acceptors (Lipinski definition) is 1. The first-order valence-electron chi connectivity index (χ1n) is 2.79. The van der Waals surface area contributed by atoms with E-state index in [1.165, 1.54) is 4.43 Å². The molecule has 0 bridgehead atoms. The maximum absolute atomic E-state index is 3.24. The maximum Gasteiger partial charge on any atom is 0.0135 e. The van der Waals surface area contributed by atoms with Crippen LogP contribution in [0.5, 0.6) is 0 Å². The van der Waals surface area contributed by atoms with Crippen LogP contribution in [-0.4, -0.2) is 17.5 Å². The summed E-state index contributed by atoms with van der Waals surface area (Å²) in [6.07, 6.45) is 4.17. The summed E-state index contributed by atoms with van der Waals surface area (Å²) >= 11 is 2.35. The van der Waals surface area contributed by atoms with Crippen molar-refractivity contribution in [2.45, 2.75) is 6.92 Å². The van der Waals surface area contributed by atoms with Crippen LogP contribution >= 0.6 is 22.6 Å². The minimum absolute atomic E-state index is 1.01. The first-order valence-corrected chi connectivity index (χ1v) is 4.32. The third-order valence-electron chi connectivity index (χ3n) is 0.769. The molecule has 0 aliphatic heterocycles. The molecule has 0 aliphatic carbocycles. The summed E-state index contributed by atoms with van der Waals surface area (Å²) in [7, 11) is 0. The standard InChI is InChI=1S/C6H12IN/c1-2-3-5-8-6-4-7/h2-3,8H,4-6H2,1H3/b3-2+. The molecule has 0 rings (SSSR count). The monoisotopic (exact) mass is 225 g/mol. The predicted molar refractivity (Wildman–Crippen MR) is 46.6 cm³/mol. The van der Waals surface area contributed by atoms with Gasteiger partial charge in [0.2, 0.25) is 0 Å². The molecule has 0 aromatic carbocycles. The van der Waals surface area contributed by atoms with E-state index in [1.54, 1.807) is 0 Å². The van der Waals surface area contributed by atoms with Gasteiger partial charge in [-0.15, -0.1) is 0 Å². The lowest BCUT2D eigenvalue weighted by atomic mass is 10.5. The molecule has 1 N–H and O–H groups in total. The smallest absolute Gasteiger partial charge is 0.0135 e. The molecule has 0 aromatic rings. The first kappa shape index (κ1) is 8.43. The van der Waals surface area contributed by atoms with E-state index in [2.05, 4.69) is 40.1 Å². The fourth-order valence-electron chi connectivity index (χ4n) is 0.370. The van der Waals surface area contributed by atoms with Gasteiger partial charge in [-0.1, -0.05) is 34.7 Å². The van der Waals surface area contributed by atoms with Crippen molar-refractivity contribution in [3.8, 4) is 0 Å². The largest absolute Gasteiger partial charge is 0.313 e. The van der Waals surface area contributed by atoms with E-state index < -0.39 is 0 Å². The zero-order valence-corrected chi connectivity index (χ0v) is 7.31. The molecule has 2 heteroatoms. The van der Waals surface area contributed by atoms with E-state index in [9.17, 15) is 0 Å². The van der Waals surface area contributed by atoms with E-state index in [0.717, 1.165) is 13.1 Å². The van der Waals surface area contributed by atoms with Crippen LogP contribution in [-0.2, 0) is 0 Å². The summed E-state index contributed by atoms with van der Waals surface area (Å²) < 4.78 is 1.19. The maximum atomic E-state index is 3.24.